The Bertz CT molecular complexity index is 961. The van der Waals surface area contributed by atoms with Crippen LogP contribution in [0.5, 0.6) is 0 Å². The third-order valence-electron chi connectivity index (χ3n) is 7.71. The van der Waals surface area contributed by atoms with Gasteiger partial charge in [0.1, 0.15) is 11.1 Å². The quantitative estimate of drug-likeness (QED) is 0.476. The third kappa shape index (κ3) is 6.43. The molecule has 2 aliphatic heterocycles. The van der Waals surface area contributed by atoms with Crippen molar-refractivity contribution in [2.75, 3.05) is 26.2 Å². The number of hydrogen-bond acceptors (Lipinski definition) is 3. The minimum Gasteiger partial charge on any atom is -0.324 e. The summed E-state index contributed by atoms with van der Waals surface area (Å²) in [6.07, 6.45) is -11.4. The molecule has 2 saturated heterocycles. The summed E-state index contributed by atoms with van der Waals surface area (Å²) in [5, 5.41) is 3.87. The SMILES string of the molecule is O=C(NC1(C(F)(F)F)CCN(Cc2ccccc2)CC1)NC1(C(F)(F)F)CCN(Cc2ccccc2)CC1. The number of nitrogens with zero attached hydrogens (tertiary/aromatic N) is 2. The van der Waals surface area contributed by atoms with E-state index < -0.39 is 55.1 Å². The van der Waals surface area contributed by atoms with Gasteiger partial charge in [-0.15, -0.1) is 0 Å². The Balaban J connectivity index is 1.40. The lowest BCUT2D eigenvalue weighted by molar-refractivity contribution is -0.210. The molecule has 2 fully saturated rings. The van der Waals surface area contributed by atoms with Crippen LogP contribution in [0.3, 0.4) is 0 Å². The number of likely N-dealkylation sites (tertiary alicyclic amines) is 2. The molecule has 0 spiro atoms. The van der Waals surface area contributed by atoms with Gasteiger partial charge < -0.3 is 10.6 Å². The molecule has 5 nitrogen and oxygen atoms in total. The molecule has 0 atom stereocenters. The number of carbonyl (C=O) groups excluding carboxylic acids is 1. The zero-order valence-electron chi connectivity index (χ0n) is 20.9. The van der Waals surface area contributed by atoms with E-state index in [4.69, 9.17) is 0 Å². The molecular weight excluding hydrogens is 510 g/mol. The monoisotopic (exact) mass is 542 g/mol. The van der Waals surface area contributed by atoms with Gasteiger partial charge in [0.2, 0.25) is 0 Å². The van der Waals surface area contributed by atoms with E-state index in [0.717, 1.165) is 11.1 Å². The Morgan fingerprint density at radius 2 is 0.947 bits per heavy atom. The number of halogens is 6. The van der Waals surface area contributed by atoms with Gasteiger partial charge in [0.25, 0.3) is 0 Å². The van der Waals surface area contributed by atoms with Gasteiger partial charge in [0, 0.05) is 39.3 Å². The maximum Gasteiger partial charge on any atom is 0.411 e. The molecule has 11 heteroatoms. The zero-order valence-corrected chi connectivity index (χ0v) is 20.9. The predicted octanol–water partition coefficient (Wildman–Crippen LogP) is 5.48. The molecule has 2 aliphatic rings. The van der Waals surface area contributed by atoms with Crippen molar-refractivity contribution in [2.24, 2.45) is 0 Å². The first-order valence-corrected chi connectivity index (χ1v) is 12.7. The first kappa shape index (κ1) is 28.2. The average Bonchev–Trinajstić information content (AvgIpc) is 2.86. The van der Waals surface area contributed by atoms with E-state index >= 15 is 0 Å². The average molecular weight is 543 g/mol. The van der Waals surface area contributed by atoms with Gasteiger partial charge >= 0.3 is 18.4 Å². The number of urea groups is 1. The van der Waals surface area contributed by atoms with Crippen molar-refractivity contribution in [1.29, 1.82) is 0 Å². The highest BCUT2D eigenvalue weighted by molar-refractivity contribution is 5.76. The summed E-state index contributed by atoms with van der Waals surface area (Å²) in [6.45, 7) is 1.11. The maximum atomic E-state index is 14.2. The minimum absolute atomic E-state index is 0.0492. The first-order valence-electron chi connectivity index (χ1n) is 12.7. The fourth-order valence-corrected chi connectivity index (χ4v) is 5.29. The van der Waals surface area contributed by atoms with Crippen molar-refractivity contribution < 1.29 is 31.1 Å². The molecule has 2 N–H and O–H groups in total. The Labute approximate surface area is 218 Å². The van der Waals surface area contributed by atoms with E-state index in [1.54, 1.807) is 0 Å². The van der Waals surface area contributed by atoms with E-state index in [0.29, 0.717) is 13.1 Å². The highest BCUT2D eigenvalue weighted by Crippen LogP contribution is 2.41. The smallest absolute Gasteiger partial charge is 0.324 e. The molecule has 0 aliphatic carbocycles. The fraction of sp³-hybridized carbons (Fsp3) is 0.519. The molecule has 0 unspecified atom stereocenters. The number of alkyl halides is 6. The first-order chi connectivity index (χ1) is 17.9. The summed E-state index contributed by atoms with van der Waals surface area (Å²) in [6, 6.07) is 17.1. The molecule has 2 aromatic carbocycles. The van der Waals surface area contributed by atoms with Crippen LogP contribution in [0.4, 0.5) is 31.1 Å². The van der Waals surface area contributed by atoms with Gasteiger partial charge in [-0.25, -0.2) is 4.79 Å². The van der Waals surface area contributed by atoms with Gasteiger partial charge in [-0.3, -0.25) is 9.80 Å². The topological polar surface area (TPSA) is 47.6 Å². The molecule has 2 amide bonds. The maximum absolute atomic E-state index is 14.2. The van der Waals surface area contributed by atoms with Crippen LogP contribution in [-0.4, -0.2) is 65.4 Å². The summed E-state index contributed by atoms with van der Waals surface area (Å²) in [5.74, 6) is 0. The molecule has 0 aromatic heterocycles. The summed E-state index contributed by atoms with van der Waals surface area (Å²) in [7, 11) is 0. The lowest BCUT2D eigenvalue weighted by Crippen LogP contribution is -2.69. The predicted molar refractivity (Wildman–Crippen MR) is 131 cm³/mol. The molecular formula is C27H32F6N4O. The lowest BCUT2D eigenvalue weighted by atomic mass is 9.85. The number of benzene rings is 2. The number of hydrogen-bond donors (Lipinski definition) is 2. The molecule has 0 bridgehead atoms. The van der Waals surface area contributed by atoms with Crippen LogP contribution in [0.15, 0.2) is 60.7 Å². The van der Waals surface area contributed by atoms with Crippen molar-refractivity contribution in [2.45, 2.75) is 62.2 Å². The van der Waals surface area contributed by atoms with Crippen LogP contribution in [0, 0.1) is 0 Å². The third-order valence-corrected chi connectivity index (χ3v) is 7.71. The molecule has 0 saturated carbocycles. The molecule has 0 radical (unpaired) electrons. The Morgan fingerprint density at radius 1 is 0.632 bits per heavy atom. The molecule has 2 aromatic rings. The van der Waals surface area contributed by atoms with Crippen molar-refractivity contribution in [3.8, 4) is 0 Å². The number of rotatable bonds is 6. The minimum atomic E-state index is -4.81. The number of piperidine rings is 2. The van der Waals surface area contributed by atoms with Crippen molar-refractivity contribution in [3.05, 3.63) is 71.8 Å². The largest absolute Gasteiger partial charge is 0.411 e. The number of nitrogens with one attached hydrogen (secondary N) is 2. The van der Waals surface area contributed by atoms with Gasteiger partial charge in [0.15, 0.2) is 0 Å². The van der Waals surface area contributed by atoms with Crippen LogP contribution in [0.2, 0.25) is 0 Å². The molecule has 38 heavy (non-hydrogen) atoms. The van der Waals surface area contributed by atoms with Crippen molar-refractivity contribution in [1.82, 2.24) is 20.4 Å². The van der Waals surface area contributed by atoms with Gasteiger partial charge in [-0.2, -0.15) is 26.3 Å². The van der Waals surface area contributed by atoms with Gasteiger partial charge in [0.05, 0.1) is 0 Å². The van der Waals surface area contributed by atoms with E-state index in [2.05, 4.69) is 0 Å². The Kier molecular flexibility index (Phi) is 8.27. The lowest BCUT2D eigenvalue weighted by Gasteiger charge is -2.46. The van der Waals surface area contributed by atoms with E-state index in [9.17, 15) is 31.1 Å². The zero-order chi connectivity index (χ0) is 27.4. The highest BCUT2D eigenvalue weighted by Gasteiger charge is 2.60. The number of carbonyl (C=O) groups is 1. The van der Waals surface area contributed by atoms with Crippen LogP contribution >= 0.6 is 0 Å². The van der Waals surface area contributed by atoms with E-state index in [1.807, 2.05) is 81.1 Å². The van der Waals surface area contributed by atoms with Crippen LogP contribution < -0.4 is 10.6 Å². The summed E-state index contributed by atoms with van der Waals surface area (Å²) in [5.41, 5.74) is -3.29. The normalized spacial score (nSPS) is 20.6. The summed E-state index contributed by atoms with van der Waals surface area (Å²) < 4.78 is 85.1. The van der Waals surface area contributed by atoms with Crippen molar-refractivity contribution in [3.63, 3.8) is 0 Å². The second kappa shape index (κ2) is 11.1. The number of amides is 2. The van der Waals surface area contributed by atoms with Crippen LogP contribution in [0.1, 0.15) is 36.8 Å². The second-order valence-electron chi connectivity index (χ2n) is 10.3. The second-order valence-corrected chi connectivity index (χ2v) is 10.3. The Morgan fingerprint density at radius 3 is 1.24 bits per heavy atom. The van der Waals surface area contributed by atoms with Crippen molar-refractivity contribution >= 4 is 6.03 Å². The highest BCUT2D eigenvalue weighted by atomic mass is 19.4. The molecule has 2 heterocycles. The molecule has 208 valence electrons. The van der Waals surface area contributed by atoms with Gasteiger partial charge in [-0.05, 0) is 36.8 Å². The van der Waals surface area contributed by atoms with Crippen LogP contribution in [0.25, 0.3) is 0 Å². The van der Waals surface area contributed by atoms with E-state index in [1.165, 1.54) is 0 Å². The Hall–Kier alpha value is -2.79. The summed E-state index contributed by atoms with van der Waals surface area (Å²) >= 11 is 0. The molecule has 4 rings (SSSR count). The standard InChI is InChI=1S/C27H32F6N4O/c28-26(29,30)24(11-15-36(16-12-24)19-21-7-3-1-4-8-21)34-23(38)35-25(27(31,32)33)13-17-37(18-14-25)20-22-9-5-2-6-10-22/h1-10H,11-20H2,(H2,34,35,38). The summed E-state index contributed by atoms with van der Waals surface area (Å²) in [4.78, 5) is 16.5. The fourth-order valence-electron chi connectivity index (χ4n) is 5.29. The van der Waals surface area contributed by atoms with E-state index in [-0.39, 0.29) is 26.2 Å². The van der Waals surface area contributed by atoms with Gasteiger partial charge in [-0.1, -0.05) is 60.7 Å². The van der Waals surface area contributed by atoms with Crippen LogP contribution in [-0.2, 0) is 13.1 Å².